The highest BCUT2D eigenvalue weighted by Crippen LogP contribution is 2.25. The molecule has 130 valence electrons. The largest absolute Gasteiger partial charge is 0.351 e. The van der Waals surface area contributed by atoms with Crippen molar-refractivity contribution in [1.29, 1.82) is 0 Å². The summed E-state index contributed by atoms with van der Waals surface area (Å²) in [5.41, 5.74) is 0.446. The molecule has 23 heavy (non-hydrogen) atoms. The summed E-state index contributed by atoms with van der Waals surface area (Å²) in [6.07, 6.45) is 11.7. The summed E-state index contributed by atoms with van der Waals surface area (Å²) in [4.78, 5) is 12.1. The normalized spacial score (nSPS) is 20.0. The van der Waals surface area contributed by atoms with E-state index < -0.39 is 0 Å². The monoisotopic (exact) mass is 341 g/mol. The Kier molecular flexibility index (Phi) is 7.30. The molecule has 1 saturated heterocycles. The number of amides is 1. The fourth-order valence-corrected chi connectivity index (χ4v) is 3.59. The Morgan fingerprint density at radius 1 is 1.22 bits per heavy atom. The molecule has 0 atom stereocenters. The van der Waals surface area contributed by atoms with E-state index in [0.29, 0.717) is 11.7 Å². The third kappa shape index (κ3) is 5.18. The van der Waals surface area contributed by atoms with Crippen LogP contribution in [-0.4, -0.2) is 40.5 Å². The Labute approximate surface area is 144 Å². The molecule has 2 N–H and O–H groups in total. The van der Waals surface area contributed by atoms with E-state index in [1.165, 1.54) is 32.1 Å². The van der Waals surface area contributed by atoms with Gasteiger partial charge < -0.3 is 10.6 Å². The zero-order valence-corrected chi connectivity index (χ0v) is 14.5. The van der Waals surface area contributed by atoms with E-state index in [1.807, 2.05) is 4.68 Å². The van der Waals surface area contributed by atoms with Gasteiger partial charge in [-0.1, -0.05) is 37.3 Å². The van der Waals surface area contributed by atoms with Gasteiger partial charge in [-0.3, -0.25) is 4.79 Å². The van der Waals surface area contributed by atoms with Crippen molar-refractivity contribution in [3.8, 4) is 0 Å². The smallest absolute Gasteiger partial charge is 0.273 e. The van der Waals surface area contributed by atoms with Crippen LogP contribution in [-0.2, 0) is 0 Å². The maximum atomic E-state index is 12.1. The highest BCUT2D eigenvalue weighted by molar-refractivity contribution is 5.91. The second kappa shape index (κ2) is 9.23. The van der Waals surface area contributed by atoms with Crippen molar-refractivity contribution in [3.63, 3.8) is 0 Å². The van der Waals surface area contributed by atoms with Crippen LogP contribution in [0.25, 0.3) is 0 Å². The van der Waals surface area contributed by atoms with E-state index in [2.05, 4.69) is 20.9 Å². The van der Waals surface area contributed by atoms with E-state index in [1.54, 1.807) is 6.20 Å². The van der Waals surface area contributed by atoms with E-state index in [-0.39, 0.29) is 18.3 Å². The summed E-state index contributed by atoms with van der Waals surface area (Å²) in [6.45, 7) is 2.77. The van der Waals surface area contributed by atoms with Gasteiger partial charge in [0.1, 0.15) is 0 Å². The number of rotatable bonds is 5. The number of nitrogens with one attached hydrogen (secondary N) is 2. The SMILES string of the molecule is Cl.O=C(NCCC1CCCCC1)c1cn(C2CCNCC2)nn1. The molecule has 1 aliphatic heterocycles. The van der Waals surface area contributed by atoms with Crippen LogP contribution >= 0.6 is 12.4 Å². The van der Waals surface area contributed by atoms with Crippen molar-refractivity contribution < 1.29 is 4.79 Å². The number of hydrogen-bond acceptors (Lipinski definition) is 4. The quantitative estimate of drug-likeness (QED) is 0.862. The molecule has 7 heteroatoms. The van der Waals surface area contributed by atoms with E-state index in [4.69, 9.17) is 0 Å². The van der Waals surface area contributed by atoms with Crippen LogP contribution in [0.15, 0.2) is 6.20 Å². The molecule has 0 spiro atoms. The summed E-state index contributed by atoms with van der Waals surface area (Å²) >= 11 is 0. The molecular weight excluding hydrogens is 314 g/mol. The average Bonchev–Trinajstić information content (AvgIpc) is 3.07. The molecule has 0 bridgehead atoms. The Morgan fingerprint density at radius 2 is 1.96 bits per heavy atom. The molecule has 1 aliphatic carbocycles. The van der Waals surface area contributed by atoms with E-state index >= 15 is 0 Å². The number of carbonyl (C=O) groups is 1. The topological polar surface area (TPSA) is 71.8 Å². The van der Waals surface area contributed by atoms with Gasteiger partial charge in [-0.2, -0.15) is 0 Å². The lowest BCUT2D eigenvalue weighted by Gasteiger charge is -2.22. The minimum Gasteiger partial charge on any atom is -0.351 e. The first-order valence-corrected chi connectivity index (χ1v) is 8.73. The van der Waals surface area contributed by atoms with Gasteiger partial charge in [-0.25, -0.2) is 4.68 Å². The zero-order chi connectivity index (χ0) is 15.2. The van der Waals surface area contributed by atoms with E-state index in [9.17, 15) is 4.79 Å². The number of halogens is 1. The Bertz CT molecular complexity index is 481. The van der Waals surface area contributed by atoms with Gasteiger partial charge in [0.05, 0.1) is 12.2 Å². The summed E-state index contributed by atoms with van der Waals surface area (Å²) < 4.78 is 1.86. The number of carbonyl (C=O) groups excluding carboxylic acids is 1. The van der Waals surface area contributed by atoms with Crippen molar-refractivity contribution in [1.82, 2.24) is 25.6 Å². The number of nitrogens with zero attached hydrogens (tertiary/aromatic N) is 3. The predicted octanol–water partition coefficient (Wildman–Crippen LogP) is 2.32. The van der Waals surface area contributed by atoms with Crippen molar-refractivity contribution in [2.24, 2.45) is 5.92 Å². The van der Waals surface area contributed by atoms with Crippen molar-refractivity contribution >= 4 is 18.3 Å². The molecule has 2 heterocycles. The third-order valence-corrected chi connectivity index (χ3v) is 4.99. The molecule has 1 amide bonds. The van der Waals surface area contributed by atoms with Gasteiger partial charge in [0, 0.05) is 6.54 Å². The van der Waals surface area contributed by atoms with Gasteiger partial charge >= 0.3 is 0 Å². The van der Waals surface area contributed by atoms with Gasteiger partial charge in [-0.15, -0.1) is 17.5 Å². The van der Waals surface area contributed by atoms with Crippen LogP contribution in [0, 0.1) is 5.92 Å². The lowest BCUT2D eigenvalue weighted by Crippen LogP contribution is -2.29. The van der Waals surface area contributed by atoms with Crippen molar-refractivity contribution in [2.75, 3.05) is 19.6 Å². The van der Waals surface area contributed by atoms with Crippen LogP contribution in [0.5, 0.6) is 0 Å². The highest BCUT2D eigenvalue weighted by Gasteiger charge is 2.19. The van der Waals surface area contributed by atoms with E-state index in [0.717, 1.165) is 44.8 Å². The summed E-state index contributed by atoms with van der Waals surface area (Å²) in [7, 11) is 0. The third-order valence-electron chi connectivity index (χ3n) is 4.99. The molecule has 0 radical (unpaired) electrons. The Balaban J connectivity index is 0.00000192. The molecule has 3 rings (SSSR count). The highest BCUT2D eigenvalue weighted by atomic mass is 35.5. The van der Waals surface area contributed by atoms with Crippen molar-refractivity contribution in [3.05, 3.63) is 11.9 Å². The minimum atomic E-state index is -0.0870. The molecule has 6 nitrogen and oxygen atoms in total. The summed E-state index contributed by atoms with van der Waals surface area (Å²) in [5.74, 6) is 0.704. The summed E-state index contributed by atoms with van der Waals surface area (Å²) in [5, 5.41) is 14.5. The van der Waals surface area contributed by atoms with Crippen LogP contribution in [0.3, 0.4) is 0 Å². The first-order chi connectivity index (χ1) is 10.8. The molecule has 1 aromatic heterocycles. The predicted molar refractivity (Wildman–Crippen MR) is 91.9 cm³/mol. The fourth-order valence-electron chi connectivity index (χ4n) is 3.59. The standard InChI is InChI=1S/C16H27N5O.ClH/c22-16(18-11-6-13-4-2-1-3-5-13)15-12-21(20-19-15)14-7-9-17-10-8-14;/h12-14,17H,1-11H2,(H,18,22);1H. The zero-order valence-electron chi connectivity index (χ0n) is 13.7. The number of aromatic nitrogens is 3. The maximum Gasteiger partial charge on any atom is 0.273 e. The Morgan fingerprint density at radius 3 is 2.70 bits per heavy atom. The second-order valence-corrected chi connectivity index (χ2v) is 6.61. The van der Waals surface area contributed by atoms with Gasteiger partial charge in [0.2, 0.25) is 0 Å². The molecule has 0 aromatic carbocycles. The number of hydrogen-bond donors (Lipinski definition) is 2. The first kappa shape index (κ1) is 18.2. The molecule has 1 aromatic rings. The molecular formula is C16H28ClN5O. The molecule has 2 aliphatic rings. The molecule has 2 fully saturated rings. The van der Waals surface area contributed by atoms with Gasteiger partial charge in [0.15, 0.2) is 5.69 Å². The minimum absolute atomic E-state index is 0. The van der Waals surface area contributed by atoms with Crippen LogP contribution in [0.2, 0.25) is 0 Å². The van der Waals surface area contributed by atoms with Crippen LogP contribution in [0.1, 0.15) is 67.9 Å². The maximum absolute atomic E-state index is 12.1. The van der Waals surface area contributed by atoms with Crippen molar-refractivity contribution in [2.45, 2.75) is 57.4 Å². The van der Waals surface area contributed by atoms with Gasteiger partial charge in [0.25, 0.3) is 5.91 Å². The molecule has 0 unspecified atom stereocenters. The fraction of sp³-hybridized carbons (Fsp3) is 0.812. The first-order valence-electron chi connectivity index (χ1n) is 8.73. The number of piperidine rings is 1. The summed E-state index contributed by atoms with van der Waals surface area (Å²) in [6, 6.07) is 0.373. The lowest BCUT2D eigenvalue weighted by atomic mass is 9.87. The molecule has 1 saturated carbocycles. The second-order valence-electron chi connectivity index (χ2n) is 6.61. The van der Waals surface area contributed by atoms with Crippen LogP contribution < -0.4 is 10.6 Å². The Hall–Kier alpha value is -1.14. The lowest BCUT2D eigenvalue weighted by molar-refractivity contribution is 0.0945. The van der Waals surface area contributed by atoms with Crippen LogP contribution in [0.4, 0.5) is 0 Å². The average molecular weight is 342 g/mol. The van der Waals surface area contributed by atoms with Gasteiger partial charge in [-0.05, 0) is 38.3 Å².